The van der Waals surface area contributed by atoms with Gasteiger partial charge in [-0.25, -0.2) is 4.79 Å². The summed E-state index contributed by atoms with van der Waals surface area (Å²) in [6.45, 7) is 2.56. The highest BCUT2D eigenvalue weighted by Crippen LogP contribution is 2.11. The van der Waals surface area contributed by atoms with Crippen molar-refractivity contribution in [1.29, 1.82) is 0 Å². The van der Waals surface area contributed by atoms with E-state index in [4.69, 9.17) is 9.84 Å². The Morgan fingerprint density at radius 2 is 2.15 bits per heavy atom. The first kappa shape index (κ1) is 16.2. The molecule has 0 aromatic carbocycles. The van der Waals surface area contributed by atoms with Crippen LogP contribution in [0.2, 0.25) is 0 Å². The number of nitrogens with zero attached hydrogens (tertiary/aromatic N) is 2. The third-order valence-electron chi connectivity index (χ3n) is 3.01. The molecular weight excluding hydrogens is 266 g/mol. The lowest BCUT2D eigenvalue weighted by Gasteiger charge is -2.37. The Morgan fingerprint density at radius 1 is 1.45 bits per heavy atom. The van der Waals surface area contributed by atoms with Gasteiger partial charge in [-0.3, -0.25) is 9.59 Å². The van der Waals surface area contributed by atoms with Gasteiger partial charge >= 0.3 is 12.0 Å². The summed E-state index contributed by atoms with van der Waals surface area (Å²) >= 11 is 0. The van der Waals surface area contributed by atoms with E-state index >= 15 is 0 Å². The van der Waals surface area contributed by atoms with Crippen LogP contribution in [0.1, 0.15) is 13.3 Å². The van der Waals surface area contributed by atoms with Crippen LogP contribution >= 0.6 is 0 Å². The molecule has 2 N–H and O–H groups in total. The minimum Gasteiger partial charge on any atom is -0.480 e. The average Bonchev–Trinajstić information content (AvgIpc) is 2.44. The number of urea groups is 1. The van der Waals surface area contributed by atoms with Gasteiger partial charge in [0.15, 0.2) is 0 Å². The molecule has 1 saturated heterocycles. The highest BCUT2D eigenvalue weighted by atomic mass is 16.5. The van der Waals surface area contributed by atoms with Crippen LogP contribution in [0.3, 0.4) is 0 Å². The second kappa shape index (κ2) is 7.68. The Balaban J connectivity index is 2.83. The van der Waals surface area contributed by atoms with E-state index < -0.39 is 18.0 Å². The Kier molecular flexibility index (Phi) is 6.23. The number of amides is 3. The van der Waals surface area contributed by atoms with E-state index in [9.17, 15) is 14.4 Å². The van der Waals surface area contributed by atoms with E-state index in [1.807, 2.05) is 6.92 Å². The topological polar surface area (TPSA) is 99.2 Å². The zero-order chi connectivity index (χ0) is 15.1. The second-order valence-electron chi connectivity index (χ2n) is 4.50. The molecule has 1 rings (SSSR count). The molecule has 8 heteroatoms. The first-order valence-corrected chi connectivity index (χ1v) is 6.58. The first-order valence-electron chi connectivity index (χ1n) is 6.58. The molecule has 1 aliphatic heterocycles. The molecule has 1 atom stereocenters. The Hall–Kier alpha value is -1.83. The molecule has 1 heterocycles. The summed E-state index contributed by atoms with van der Waals surface area (Å²) in [6, 6.07) is -1.15. The molecule has 1 unspecified atom stereocenters. The molecule has 3 amide bonds. The van der Waals surface area contributed by atoms with Crippen molar-refractivity contribution in [2.24, 2.45) is 0 Å². The van der Waals surface area contributed by atoms with Gasteiger partial charge in [0.25, 0.3) is 0 Å². The summed E-state index contributed by atoms with van der Waals surface area (Å²) < 4.78 is 5.22. The van der Waals surface area contributed by atoms with Crippen molar-refractivity contribution in [1.82, 2.24) is 15.1 Å². The van der Waals surface area contributed by atoms with Crippen molar-refractivity contribution < 1.29 is 24.2 Å². The van der Waals surface area contributed by atoms with Gasteiger partial charge in [-0.1, -0.05) is 6.92 Å². The molecule has 1 fully saturated rings. The highest BCUT2D eigenvalue weighted by molar-refractivity contribution is 5.88. The Bertz CT molecular complexity index is 374. The smallest absolute Gasteiger partial charge is 0.323 e. The van der Waals surface area contributed by atoms with E-state index in [0.717, 1.165) is 0 Å². The zero-order valence-electron chi connectivity index (χ0n) is 11.8. The molecule has 0 radical (unpaired) electrons. The quantitative estimate of drug-likeness (QED) is 0.700. The number of rotatable bonds is 5. The number of aliphatic carboxylic acids is 1. The van der Waals surface area contributed by atoms with Crippen LogP contribution in [0.4, 0.5) is 4.79 Å². The molecule has 8 nitrogen and oxygen atoms in total. The van der Waals surface area contributed by atoms with Crippen LogP contribution in [0.25, 0.3) is 0 Å². The van der Waals surface area contributed by atoms with E-state index in [1.165, 1.54) is 16.8 Å². The van der Waals surface area contributed by atoms with Crippen LogP contribution < -0.4 is 5.32 Å². The standard InChI is InChI=1S/C12H21N3O5/c1-3-4-14(7-10(16)17)12(19)15-5-6-20-8-9(15)11(18)13-2/h9H,3-8H2,1-2H3,(H,13,18)(H,16,17). The highest BCUT2D eigenvalue weighted by Gasteiger charge is 2.34. The van der Waals surface area contributed by atoms with Crippen molar-refractivity contribution in [3.8, 4) is 0 Å². The fourth-order valence-corrected chi connectivity index (χ4v) is 2.07. The summed E-state index contributed by atoms with van der Waals surface area (Å²) in [5, 5.41) is 11.3. The van der Waals surface area contributed by atoms with Gasteiger partial charge < -0.3 is 25.0 Å². The number of ether oxygens (including phenoxy) is 1. The van der Waals surface area contributed by atoms with Crippen LogP contribution in [0, 0.1) is 0 Å². The van der Waals surface area contributed by atoms with E-state index in [0.29, 0.717) is 19.6 Å². The third kappa shape index (κ3) is 4.09. The largest absolute Gasteiger partial charge is 0.480 e. The maximum atomic E-state index is 12.4. The van der Waals surface area contributed by atoms with Crippen LogP contribution in [-0.2, 0) is 14.3 Å². The lowest BCUT2D eigenvalue weighted by atomic mass is 10.2. The normalized spacial score (nSPS) is 18.5. The second-order valence-corrected chi connectivity index (χ2v) is 4.50. The summed E-state index contributed by atoms with van der Waals surface area (Å²) in [4.78, 5) is 37.6. The number of nitrogens with one attached hydrogen (secondary N) is 1. The zero-order valence-corrected chi connectivity index (χ0v) is 11.8. The molecular formula is C12H21N3O5. The molecule has 1 aliphatic rings. The molecule has 0 bridgehead atoms. The van der Waals surface area contributed by atoms with Crippen LogP contribution in [-0.4, -0.2) is 78.8 Å². The third-order valence-corrected chi connectivity index (χ3v) is 3.01. The number of carbonyl (C=O) groups is 3. The lowest BCUT2D eigenvalue weighted by molar-refractivity contribution is -0.138. The molecule has 0 spiro atoms. The molecule has 0 aromatic rings. The maximum Gasteiger partial charge on any atom is 0.323 e. The number of likely N-dealkylation sites (N-methyl/N-ethyl adjacent to an activating group) is 1. The molecule has 20 heavy (non-hydrogen) atoms. The maximum absolute atomic E-state index is 12.4. The fourth-order valence-electron chi connectivity index (χ4n) is 2.07. The molecule has 0 saturated carbocycles. The van der Waals surface area contributed by atoms with Crippen molar-refractivity contribution in [3.05, 3.63) is 0 Å². The molecule has 0 aliphatic carbocycles. The van der Waals surface area contributed by atoms with Crippen molar-refractivity contribution in [3.63, 3.8) is 0 Å². The average molecular weight is 287 g/mol. The number of carbonyl (C=O) groups excluding carboxylic acids is 2. The van der Waals surface area contributed by atoms with Crippen molar-refractivity contribution >= 4 is 17.9 Å². The Labute approximate surface area is 117 Å². The number of carboxylic acids is 1. The van der Waals surface area contributed by atoms with Gasteiger partial charge in [0.2, 0.25) is 5.91 Å². The number of carboxylic acid groups (broad SMARTS) is 1. The minimum absolute atomic E-state index is 0.123. The summed E-state index contributed by atoms with van der Waals surface area (Å²) in [5.41, 5.74) is 0. The van der Waals surface area contributed by atoms with Crippen LogP contribution in [0.15, 0.2) is 0 Å². The van der Waals surface area contributed by atoms with Gasteiger partial charge in [0, 0.05) is 20.1 Å². The predicted octanol–water partition coefficient (Wildman–Crippen LogP) is -0.650. The molecule has 0 aromatic heterocycles. The minimum atomic E-state index is -1.07. The summed E-state index contributed by atoms with van der Waals surface area (Å²) in [7, 11) is 1.49. The van der Waals surface area contributed by atoms with Gasteiger partial charge in [0.1, 0.15) is 12.6 Å². The van der Waals surface area contributed by atoms with Gasteiger partial charge in [-0.2, -0.15) is 0 Å². The fraction of sp³-hybridized carbons (Fsp3) is 0.750. The lowest BCUT2D eigenvalue weighted by Crippen LogP contribution is -2.59. The predicted molar refractivity (Wildman–Crippen MR) is 70.3 cm³/mol. The first-order chi connectivity index (χ1) is 9.51. The van der Waals surface area contributed by atoms with Gasteiger partial charge in [-0.15, -0.1) is 0 Å². The van der Waals surface area contributed by atoms with E-state index in [2.05, 4.69) is 5.32 Å². The number of hydrogen-bond donors (Lipinski definition) is 2. The number of morpholine rings is 1. The summed E-state index contributed by atoms with van der Waals surface area (Å²) in [5.74, 6) is -1.39. The van der Waals surface area contributed by atoms with Gasteiger partial charge in [0.05, 0.1) is 13.2 Å². The SMILES string of the molecule is CCCN(CC(=O)O)C(=O)N1CCOCC1C(=O)NC. The van der Waals surface area contributed by atoms with Gasteiger partial charge in [-0.05, 0) is 6.42 Å². The van der Waals surface area contributed by atoms with E-state index in [-0.39, 0.29) is 25.6 Å². The van der Waals surface area contributed by atoms with Crippen LogP contribution in [0.5, 0.6) is 0 Å². The number of hydrogen-bond acceptors (Lipinski definition) is 4. The monoisotopic (exact) mass is 287 g/mol. The summed E-state index contributed by atoms with van der Waals surface area (Å²) in [6.07, 6.45) is 0.647. The van der Waals surface area contributed by atoms with Crippen molar-refractivity contribution in [2.45, 2.75) is 19.4 Å². The Morgan fingerprint density at radius 3 is 2.70 bits per heavy atom. The molecule has 114 valence electrons. The van der Waals surface area contributed by atoms with E-state index in [1.54, 1.807) is 0 Å². The van der Waals surface area contributed by atoms with Crippen molar-refractivity contribution in [2.75, 3.05) is 39.9 Å².